The second-order valence-corrected chi connectivity index (χ2v) is 13.2. The molecule has 0 fully saturated rings. The van der Waals surface area contributed by atoms with Crippen LogP contribution in [0, 0.1) is 0 Å². The molecule has 0 aromatic heterocycles. The van der Waals surface area contributed by atoms with Gasteiger partial charge in [0.05, 0.1) is 6.10 Å². The molecule has 0 aliphatic carbocycles. The average molecular weight is 377 g/mol. The highest BCUT2D eigenvalue weighted by molar-refractivity contribution is 6.74. The number of rotatable bonds is 7. The lowest BCUT2D eigenvalue weighted by Gasteiger charge is -2.40. The molecule has 0 spiro atoms. The highest BCUT2D eigenvalue weighted by atomic mass is 35.5. The third-order valence-corrected chi connectivity index (χ3v) is 9.91. The Morgan fingerprint density at radius 1 is 1.17 bits per heavy atom. The van der Waals surface area contributed by atoms with E-state index < -0.39 is 14.4 Å². The first-order chi connectivity index (χ1) is 10.5. The third kappa shape index (κ3) is 5.47. The molecule has 1 aromatic carbocycles. The predicted octanol–water partition coefficient (Wildman–Crippen LogP) is 6.61. The Bertz CT molecular complexity index is 492. The molecule has 2 atom stereocenters. The van der Waals surface area contributed by atoms with E-state index in [0.29, 0.717) is 15.6 Å². The number of halogens is 2. The fourth-order valence-corrected chi connectivity index (χ4v) is 4.20. The van der Waals surface area contributed by atoms with Crippen molar-refractivity contribution in [3.63, 3.8) is 0 Å². The van der Waals surface area contributed by atoms with Gasteiger partial charge in [-0.1, -0.05) is 69.8 Å². The zero-order valence-electron chi connectivity index (χ0n) is 15.1. The SMILES string of the molecule is CCCCC(O[Si](C)(C)C(C)(C)C)C(O)c1c(Cl)cccc1Cl. The van der Waals surface area contributed by atoms with E-state index in [9.17, 15) is 5.11 Å². The molecule has 0 aliphatic rings. The van der Waals surface area contributed by atoms with Gasteiger partial charge in [-0.05, 0) is 36.7 Å². The van der Waals surface area contributed by atoms with E-state index in [-0.39, 0.29) is 11.1 Å². The molecule has 1 N–H and O–H groups in total. The minimum atomic E-state index is -1.99. The monoisotopic (exact) mass is 376 g/mol. The first kappa shape index (κ1) is 21.0. The van der Waals surface area contributed by atoms with Gasteiger partial charge in [0.2, 0.25) is 0 Å². The van der Waals surface area contributed by atoms with Crippen LogP contribution in [0.15, 0.2) is 18.2 Å². The highest BCUT2D eigenvalue weighted by Gasteiger charge is 2.41. The van der Waals surface area contributed by atoms with Crippen molar-refractivity contribution in [1.29, 1.82) is 0 Å². The van der Waals surface area contributed by atoms with Gasteiger partial charge >= 0.3 is 0 Å². The summed E-state index contributed by atoms with van der Waals surface area (Å²) in [6, 6.07) is 5.31. The van der Waals surface area contributed by atoms with Gasteiger partial charge in [-0.25, -0.2) is 0 Å². The third-order valence-electron chi connectivity index (χ3n) is 4.74. The van der Waals surface area contributed by atoms with Crippen LogP contribution in [0.25, 0.3) is 0 Å². The van der Waals surface area contributed by atoms with Crippen LogP contribution in [0.1, 0.15) is 58.6 Å². The van der Waals surface area contributed by atoms with Gasteiger partial charge in [0.25, 0.3) is 0 Å². The van der Waals surface area contributed by atoms with Crippen LogP contribution >= 0.6 is 23.2 Å². The van der Waals surface area contributed by atoms with Crippen molar-refractivity contribution >= 4 is 31.5 Å². The molecule has 0 bridgehead atoms. The van der Waals surface area contributed by atoms with Crippen molar-refractivity contribution in [3.8, 4) is 0 Å². The fraction of sp³-hybridized carbons (Fsp3) is 0.667. The van der Waals surface area contributed by atoms with E-state index in [1.807, 2.05) is 0 Å². The molecule has 1 aromatic rings. The molecule has 2 unspecified atom stereocenters. The molecule has 1 rings (SSSR count). The summed E-state index contributed by atoms with van der Waals surface area (Å²) in [5.41, 5.74) is 0.579. The minimum absolute atomic E-state index is 0.0848. The molecule has 132 valence electrons. The normalized spacial score (nSPS) is 15.5. The van der Waals surface area contributed by atoms with Crippen molar-refractivity contribution in [2.24, 2.45) is 0 Å². The number of unbranched alkanes of at least 4 members (excludes halogenated alkanes) is 1. The predicted molar refractivity (Wildman–Crippen MR) is 103 cm³/mol. The lowest BCUT2D eigenvalue weighted by Crippen LogP contribution is -2.45. The van der Waals surface area contributed by atoms with Gasteiger partial charge in [-0.3, -0.25) is 0 Å². The zero-order chi connectivity index (χ0) is 17.8. The Morgan fingerprint density at radius 2 is 1.70 bits per heavy atom. The zero-order valence-corrected chi connectivity index (χ0v) is 17.6. The topological polar surface area (TPSA) is 29.5 Å². The molecule has 5 heteroatoms. The molecular formula is C18H30Cl2O2Si. The molecule has 23 heavy (non-hydrogen) atoms. The number of aliphatic hydroxyl groups is 1. The maximum Gasteiger partial charge on any atom is 0.192 e. The summed E-state index contributed by atoms with van der Waals surface area (Å²) in [7, 11) is -1.99. The summed E-state index contributed by atoms with van der Waals surface area (Å²) in [6.07, 6.45) is 1.76. The summed E-state index contributed by atoms with van der Waals surface area (Å²) >= 11 is 12.5. The maximum absolute atomic E-state index is 10.9. The Kier molecular flexibility index (Phi) is 7.62. The standard InChI is InChI=1S/C18H30Cl2O2Si/c1-7-8-12-15(22-23(5,6)18(2,3)4)17(21)16-13(19)10-9-11-14(16)20/h9-11,15,17,21H,7-8,12H2,1-6H3. The summed E-state index contributed by atoms with van der Waals surface area (Å²) < 4.78 is 6.50. The Labute approximate surface area is 152 Å². The summed E-state index contributed by atoms with van der Waals surface area (Å²) in [5.74, 6) is 0. The summed E-state index contributed by atoms with van der Waals surface area (Å²) in [6.45, 7) is 13.1. The molecule has 0 amide bonds. The number of benzene rings is 1. The largest absolute Gasteiger partial charge is 0.411 e. The van der Waals surface area contributed by atoms with Gasteiger partial charge < -0.3 is 9.53 Å². The quantitative estimate of drug-likeness (QED) is 0.542. The Hall–Kier alpha value is -0.0631. The Morgan fingerprint density at radius 3 is 2.13 bits per heavy atom. The van der Waals surface area contributed by atoms with E-state index in [0.717, 1.165) is 19.3 Å². The van der Waals surface area contributed by atoms with Gasteiger partial charge in [-0.15, -0.1) is 0 Å². The average Bonchev–Trinajstić information content (AvgIpc) is 2.41. The lowest BCUT2D eigenvalue weighted by atomic mass is 10.00. The van der Waals surface area contributed by atoms with E-state index in [1.54, 1.807) is 18.2 Å². The van der Waals surface area contributed by atoms with Crippen molar-refractivity contribution in [3.05, 3.63) is 33.8 Å². The minimum Gasteiger partial charge on any atom is -0.411 e. The Balaban J connectivity index is 3.11. The van der Waals surface area contributed by atoms with Crippen LogP contribution in [-0.4, -0.2) is 19.5 Å². The second kappa shape index (κ2) is 8.35. The van der Waals surface area contributed by atoms with Crippen LogP contribution in [0.2, 0.25) is 28.2 Å². The molecule has 0 radical (unpaired) electrons. The van der Waals surface area contributed by atoms with Crippen molar-refractivity contribution in [2.45, 2.75) is 77.3 Å². The van der Waals surface area contributed by atoms with Gasteiger partial charge in [0, 0.05) is 15.6 Å². The van der Waals surface area contributed by atoms with Crippen LogP contribution in [0.5, 0.6) is 0 Å². The molecule has 0 aliphatic heterocycles. The number of hydrogen-bond acceptors (Lipinski definition) is 2. The molecular weight excluding hydrogens is 347 g/mol. The smallest absolute Gasteiger partial charge is 0.192 e. The summed E-state index contributed by atoms with van der Waals surface area (Å²) in [4.78, 5) is 0. The summed E-state index contributed by atoms with van der Waals surface area (Å²) in [5, 5.41) is 12.0. The molecule has 0 saturated carbocycles. The molecule has 0 heterocycles. The van der Waals surface area contributed by atoms with Crippen molar-refractivity contribution < 1.29 is 9.53 Å². The number of hydrogen-bond donors (Lipinski definition) is 1. The molecule has 2 nitrogen and oxygen atoms in total. The fourth-order valence-electron chi connectivity index (χ4n) is 2.22. The van der Waals surface area contributed by atoms with Crippen LogP contribution in [0.4, 0.5) is 0 Å². The highest BCUT2D eigenvalue weighted by Crippen LogP contribution is 2.41. The van der Waals surface area contributed by atoms with Gasteiger partial charge in [0.1, 0.15) is 6.10 Å². The maximum atomic E-state index is 10.9. The second-order valence-electron chi connectivity index (χ2n) is 7.64. The van der Waals surface area contributed by atoms with E-state index in [4.69, 9.17) is 27.6 Å². The van der Waals surface area contributed by atoms with Gasteiger partial charge in [0.15, 0.2) is 8.32 Å². The van der Waals surface area contributed by atoms with E-state index in [2.05, 4.69) is 40.8 Å². The van der Waals surface area contributed by atoms with Crippen molar-refractivity contribution in [1.82, 2.24) is 0 Å². The van der Waals surface area contributed by atoms with Crippen molar-refractivity contribution in [2.75, 3.05) is 0 Å². The number of aliphatic hydroxyl groups excluding tert-OH is 1. The van der Waals surface area contributed by atoms with Crippen LogP contribution in [0.3, 0.4) is 0 Å². The lowest BCUT2D eigenvalue weighted by molar-refractivity contribution is 0.0203. The first-order valence-corrected chi connectivity index (χ1v) is 12.0. The molecule has 0 saturated heterocycles. The van der Waals surface area contributed by atoms with Gasteiger partial charge in [-0.2, -0.15) is 0 Å². The van der Waals surface area contributed by atoms with E-state index in [1.165, 1.54) is 0 Å². The van der Waals surface area contributed by atoms with E-state index >= 15 is 0 Å². The van der Waals surface area contributed by atoms with Crippen LogP contribution in [-0.2, 0) is 4.43 Å². The first-order valence-electron chi connectivity index (χ1n) is 8.31. The van der Waals surface area contributed by atoms with Crippen LogP contribution < -0.4 is 0 Å².